The van der Waals surface area contributed by atoms with Crippen LogP contribution in [-0.4, -0.2) is 27.9 Å². The van der Waals surface area contributed by atoms with E-state index in [0.717, 1.165) is 29.8 Å². The van der Waals surface area contributed by atoms with Gasteiger partial charge in [0, 0.05) is 10.0 Å². The Labute approximate surface area is 193 Å². The summed E-state index contributed by atoms with van der Waals surface area (Å²) in [5.41, 5.74) is 0.232. The molecule has 0 spiro atoms. The molecule has 0 saturated carbocycles. The highest BCUT2D eigenvalue weighted by Crippen LogP contribution is 2.45. The fourth-order valence-electron chi connectivity index (χ4n) is 4.31. The van der Waals surface area contributed by atoms with Gasteiger partial charge in [-0.25, -0.2) is 0 Å². The predicted octanol–water partition coefficient (Wildman–Crippen LogP) is 6.54. The quantitative estimate of drug-likeness (QED) is 0.527. The molecule has 1 fully saturated rings. The maximum absolute atomic E-state index is 13.2. The zero-order chi connectivity index (χ0) is 22.4. The Morgan fingerprint density at radius 3 is 2.23 bits per heavy atom. The van der Waals surface area contributed by atoms with Gasteiger partial charge in [0.25, 0.3) is 0 Å². The van der Waals surface area contributed by atoms with Crippen molar-refractivity contribution < 1.29 is 14.7 Å². The number of hydrogen-bond donors (Lipinski definition) is 1. The summed E-state index contributed by atoms with van der Waals surface area (Å²) in [6.45, 7) is 1.78. The van der Waals surface area contributed by atoms with E-state index in [0.29, 0.717) is 11.4 Å². The topological polar surface area (TPSA) is 57.6 Å². The van der Waals surface area contributed by atoms with E-state index in [2.05, 4.69) is 12.2 Å². The highest BCUT2D eigenvalue weighted by molar-refractivity contribution is 6.30. The van der Waals surface area contributed by atoms with Crippen molar-refractivity contribution in [3.63, 3.8) is 0 Å². The second-order valence-electron chi connectivity index (χ2n) is 8.32. The Balaban J connectivity index is 0.000000330. The number of hydrogen-bond acceptors (Lipinski definition) is 2. The molecule has 0 bridgehead atoms. The molecule has 6 heteroatoms. The zero-order valence-corrected chi connectivity index (χ0v) is 19.0. The average Bonchev–Trinajstić information content (AvgIpc) is 3.26. The number of amides is 1. The van der Waals surface area contributed by atoms with Crippen molar-refractivity contribution in [1.29, 1.82) is 0 Å². The number of aliphatic carboxylic acids is 1. The largest absolute Gasteiger partial charge is 0.481 e. The molecular formula is C25H27Cl2NO3. The van der Waals surface area contributed by atoms with Crippen LogP contribution in [0.5, 0.6) is 0 Å². The fraction of sp³-hybridized carbons (Fsp3) is 0.360. The molecule has 3 atom stereocenters. The minimum absolute atomic E-state index is 0.0237. The number of halogens is 2. The number of carboxylic acids is 1. The molecule has 4 nitrogen and oxygen atoms in total. The number of nitrogens with zero attached hydrogens (tertiary/aromatic N) is 1. The zero-order valence-electron chi connectivity index (χ0n) is 17.5. The van der Waals surface area contributed by atoms with Gasteiger partial charge in [0.15, 0.2) is 0 Å². The summed E-state index contributed by atoms with van der Waals surface area (Å²) in [6.07, 6.45) is 7.26. The molecule has 1 aliphatic heterocycles. The lowest BCUT2D eigenvalue weighted by atomic mass is 9.74. The number of allylic oxidation sites excluding steroid dienone is 1. The summed E-state index contributed by atoms with van der Waals surface area (Å²) in [7, 11) is 0. The maximum Gasteiger partial charge on any atom is 0.304 e. The molecule has 164 valence electrons. The first-order valence-electron chi connectivity index (χ1n) is 10.5. The molecule has 2 aliphatic rings. The Bertz CT molecular complexity index is 930. The number of likely N-dealkylation sites (tertiary alicyclic amines) is 1. The Morgan fingerprint density at radius 1 is 1.06 bits per heavy atom. The highest BCUT2D eigenvalue weighted by atomic mass is 35.5. The normalized spacial score (nSPS) is 25.1. The lowest BCUT2D eigenvalue weighted by molar-refractivity contribution is -0.158. The Morgan fingerprint density at radius 2 is 1.71 bits per heavy atom. The first-order chi connectivity index (χ1) is 14.8. The molecule has 4 rings (SSSR count). The van der Waals surface area contributed by atoms with Gasteiger partial charge in [-0.05, 0) is 55.5 Å². The highest BCUT2D eigenvalue weighted by Gasteiger charge is 2.47. The van der Waals surface area contributed by atoms with Crippen LogP contribution in [-0.2, 0) is 9.59 Å². The van der Waals surface area contributed by atoms with Crippen LogP contribution in [0.4, 0.5) is 0 Å². The van der Waals surface area contributed by atoms with Crippen LogP contribution in [0.2, 0.25) is 10.0 Å². The minimum atomic E-state index is -0.919. The van der Waals surface area contributed by atoms with E-state index in [1.54, 1.807) is 6.92 Å². The average molecular weight is 460 g/mol. The number of carbonyl (C=O) groups excluding carboxylic acids is 1. The summed E-state index contributed by atoms with van der Waals surface area (Å²) in [6, 6.07) is 17.1. The molecular weight excluding hydrogens is 433 g/mol. The van der Waals surface area contributed by atoms with Gasteiger partial charge in [-0.1, -0.05) is 72.6 Å². The smallest absolute Gasteiger partial charge is 0.304 e. The van der Waals surface area contributed by atoms with Crippen LogP contribution >= 0.6 is 23.2 Å². The second kappa shape index (κ2) is 10.3. The molecule has 2 unspecified atom stereocenters. The second-order valence-corrected chi connectivity index (χ2v) is 9.19. The van der Waals surface area contributed by atoms with Crippen molar-refractivity contribution in [2.75, 3.05) is 0 Å². The number of rotatable bonds is 4. The first kappa shape index (κ1) is 23.4. The van der Waals surface area contributed by atoms with Gasteiger partial charge >= 0.3 is 5.97 Å². The number of piperidine rings is 1. The third-order valence-corrected chi connectivity index (χ3v) is 6.43. The SMILES string of the molecule is C[C@]1(CC(=O)O)CCC(c2ccc(Cl)cc2)N(C2C=CCC2)C1=O.Clc1ccccc1. The van der Waals surface area contributed by atoms with Crippen molar-refractivity contribution >= 4 is 35.1 Å². The monoisotopic (exact) mass is 459 g/mol. The van der Waals surface area contributed by atoms with E-state index >= 15 is 0 Å². The van der Waals surface area contributed by atoms with Crippen molar-refractivity contribution in [2.24, 2.45) is 5.41 Å². The van der Waals surface area contributed by atoms with Crippen molar-refractivity contribution in [1.82, 2.24) is 4.90 Å². The summed E-state index contributed by atoms with van der Waals surface area (Å²) >= 11 is 11.5. The first-order valence-corrected chi connectivity index (χ1v) is 11.2. The summed E-state index contributed by atoms with van der Waals surface area (Å²) in [5.74, 6) is -0.967. The van der Waals surface area contributed by atoms with Gasteiger partial charge in [0.05, 0.1) is 23.9 Å². The van der Waals surface area contributed by atoms with Crippen LogP contribution in [0.25, 0.3) is 0 Å². The lowest BCUT2D eigenvalue weighted by Crippen LogP contribution is -2.52. The summed E-state index contributed by atoms with van der Waals surface area (Å²) < 4.78 is 0. The molecule has 31 heavy (non-hydrogen) atoms. The van der Waals surface area contributed by atoms with Crippen LogP contribution < -0.4 is 0 Å². The van der Waals surface area contributed by atoms with E-state index in [-0.39, 0.29) is 24.4 Å². The van der Waals surface area contributed by atoms with Crippen LogP contribution in [0.15, 0.2) is 66.7 Å². The molecule has 1 N–H and O–H groups in total. The van der Waals surface area contributed by atoms with Crippen molar-refractivity contribution in [3.05, 3.63) is 82.4 Å². The molecule has 1 heterocycles. The van der Waals surface area contributed by atoms with Gasteiger partial charge in [0.1, 0.15) is 0 Å². The van der Waals surface area contributed by atoms with E-state index in [9.17, 15) is 14.7 Å². The van der Waals surface area contributed by atoms with Gasteiger partial charge in [-0.3, -0.25) is 9.59 Å². The van der Waals surface area contributed by atoms with E-state index in [1.165, 1.54) is 0 Å². The van der Waals surface area contributed by atoms with E-state index in [4.69, 9.17) is 23.2 Å². The predicted molar refractivity (Wildman–Crippen MR) is 124 cm³/mol. The number of carboxylic acid groups (broad SMARTS) is 1. The Kier molecular flexibility index (Phi) is 7.79. The molecule has 1 amide bonds. The lowest BCUT2D eigenvalue weighted by Gasteiger charge is -2.46. The van der Waals surface area contributed by atoms with Crippen LogP contribution in [0.1, 0.15) is 50.6 Å². The van der Waals surface area contributed by atoms with Crippen molar-refractivity contribution in [2.45, 2.75) is 51.1 Å². The minimum Gasteiger partial charge on any atom is -0.481 e. The van der Waals surface area contributed by atoms with E-state index < -0.39 is 11.4 Å². The standard InChI is InChI=1S/C19H22ClNO3.C6H5Cl/c1-19(12-17(22)23)11-10-16(13-6-8-14(20)9-7-13)21(18(19)24)15-4-2-3-5-15;7-6-4-2-1-3-5-6/h2,4,6-9,15-16H,3,5,10-12H2,1H3,(H,22,23);1-5H/t15?,16?,19-;/m1./s1. The molecule has 2 aromatic rings. The van der Waals surface area contributed by atoms with Crippen molar-refractivity contribution in [3.8, 4) is 0 Å². The number of benzene rings is 2. The molecule has 0 radical (unpaired) electrons. The van der Waals surface area contributed by atoms with Crippen LogP contribution in [0.3, 0.4) is 0 Å². The van der Waals surface area contributed by atoms with Crippen LogP contribution in [0, 0.1) is 5.41 Å². The molecule has 2 aromatic carbocycles. The number of carbonyl (C=O) groups is 2. The van der Waals surface area contributed by atoms with Gasteiger partial charge in [-0.2, -0.15) is 0 Å². The summed E-state index contributed by atoms with van der Waals surface area (Å²) in [5, 5.41) is 10.7. The molecule has 1 saturated heterocycles. The van der Waals surface area contributed by atoms with Gasteiger partial charge < -0.3 is 10.0 Å². The summed E-state index contributed by atoms with van der Waals surface area (Å²) in [4.78, 5) is 26.4. The third kappa shape index (κ3) is 5.90. The fourth-order valence-corrected chi connectivity index (χ4v) is 4.58. The van der Waals surface area contributed by atoms with Gasteiger partial charge in [-0.15, -0.1) is 0 Å². The molecule has 0 aromatic heterocycles. The van der Waals surface area contributed by atoms with Gasteiger partial charge in [0.2, 0.25) is 5.91 Å². The third-order valence-electron chi connectivity index (χ3n) is 5.93. The maximum atomic E-state index is 13.2. The Hall–Kier alpha value is -2.30. The molecule has 1 aliphatic carbocycles. The van der Waals surface area contributed by atoms with E-state index in [1.807, 2.05) is 59.5 Å².